The molecule has 0 fully saturated rings. The van der Waals surface area contributed by atoms with Crippen LogP contribution in [-0.4, -0.2) is 17.5 Å². The van der Waals surface area contributed by atoms with Gasteiger partial charge < -0.3 is 5.11 Å². The molecule has 3 heteroatoms. The summed E-state index contributed by atoms with van der Waals surface area (Å²) < 4.78 is 0. The fourth-order valence-corrected chi connectivity index (χ4v) is 1.67. The van der Waals surface area contributed by atoms with E-state index < -0.39 is 0 Å². The summed E-state index contributed by atoms with van der Waals surface area (Å²) in [4.78, 5) is 0. The molecule has 20 heavy (non-hydrogen) atoms. The summed E-state index contributed by atoms with van der Waals surface area (Å²) in [5.41, 5.74) is 2.78. The third-order valence-electron chi connectivity index (χ3n) is 2.66. The molecule has 0 aliphatic heterocycles. The third kappa shape index (κ3) is 4.21. The van der Waals surface area contributed by atoms with Crippen LogP contribution in [0, 0.1) is 0 Å². The number of phenolic OH excluding ortho intramolecular Hbond substituents is 1. The lowest BCUT2D eigenvalue weighted by Gasteiger charge is -1.95. The molecule has 0 radical (unpaired) electrons. The summed E-state index contributed by atoms with van der Waals surface area (Å²) in [6, 6.07) is 17.0. The van der Waals surface area contributed by atoms with Gasteiger partial charge >= 0.3 is 0 Å². The van der Waals surface area contributed by atoms with Gasteiger partial charge in [0.1, 0.15) is 5.75 Å². The van der Waals surface area contributed by atoms with E-state index in [1.165, 1.54) is 6.21 Å². The summed E-state index contributed by atoms with van der Waals surface area (Å²) in [6.07, 6.45) is 5.24. The van der Waals surface area contributed by atoms with Gasteiger partial charge in [0.15, 0.2) is 0 Å². The van der Waals surface area contributed by atoms with Crippen molar-refractivity contribution in [2.24, 2.45) is 10.2 Å². The van der Waals surface area contributed by atoms with Crippen molar-refractivity contribution in [1.29, 1.82) is 0 Å². The highest BCUT2D eigenvalue weighted by molar-refractivity contribution is 5.86. The van der Waals surface area contributed by atoms with E-state index in [0.717, 1.165) is 11.1 Å². The first-order chi connectivity index (χ1) is 9.75. The highest BCUT2D eigenvalue weighted by Crippen LogP contribution is 2.12. The quantitative estimate of drug-likeness (QED) is 0.660. The Balaban J connectivity index is 2.00. The van der Waals surface area contributed by atoms with E-state index in [1.807, 2.05) is 49.4 Å². The maximum absolute atomic E-state index is 9.56. The predicted molar refractivity (Wildman–Crippen MR) is 84.3 cm³/mol. The molecular formula is C17H16N2O. The summed E-state index contributed by atoms with van der Waals surface area (Å²) in [5, 5.41) is 17.5. The number of nitrogens with zero attached hydrogens (tertiary/aromatic N) is 2. The monoisotopic (exact) mass is 264 g/mol. The van der Waals surface area contributed by atoms with Crippen molar-refractivity contribution in [3.63, 3.8) is 0 Å². The van der Waals surface area contributed by atoms with Crippen molar-refractivity contribution >= 4 is 18.5 Å². The van der Waals surface area contributed by atoms with E-state index >= 15 is 0 Å². The van der Waals surface area contributed by atoms with Gasteiger partial charge in [-0.15, -0.1) is 0 Å². The molecule has 3 nitrogen and oxygen atoms in total. The van der Waals surface area contributed by atoms with Crippen LogP contribution in [0.2, 0.25) is 0 Å². The third-order valence-corrected chi connectivity index (χ3v) is 2.66. The summed E-state index contributed by atoms with van der Waals surface area (Å²) >= 11 is 0. The zero-order chi connectivity index (χ0) is 14.2. The number of allylic oxidation sites excluding steroid dienone is 1. The maximum atomic E-state index is 9.56. The van der Waals surface area contributed by atoms with E-state index in [2.05, 4.69) is 10.2 Å². The molecule has 0 saturated carbocycles. The summed E-state index contributed by atoms with van der Waals surface area (Å²) in [6.45, 7) is 1.96. The molecule has 1 N–H and O–H groups in total. The first-order valence-electron chi connectivity index (χ1n) is 6.33. The fraction of sp³-hybridized carbons (Fsp3) is 0.0588. The van der Waals surface area contributed by atoms with Crippen LogP contribution in [0.25, 0.3) is 6.08 Å². The van der Waals surface area contributed by atoms with Gasteiger partial charge in [0, 0.05) is 5.56 Å². The molecule has 0 heterocycles. The molecule has 2 aromatic carbocycles. The lowest BCUT2D eigenvalue weighted by molar-refractivity contribution is 0.474. The highest BCUT2D eigenvalue weighted by atomic mass is 16.3. The van der Waals surface area contributed by atoms with E-state index in [1.54, 1.807) is 24.4 Å². The van der Waals surface area contributed by atoms with Crippen LogP contribution in [-0.2, 0) is 0 Å². The lowest BCUT2D eigenvalue weighted by atomic mass is 10.1. The van der Waals surface area contributed by atoms with Gasteiger partial charge in [-0.05, 0) is 30.2 Å². The molecule has 0 aliphatic carbocycles. The average Bonchev–Trinajstić information content (AvgIpc) is 2.46. The fourth-order valence-electron chi connectivity index (χ4n) is 1.67. The van der Waals surface area contributed by atoms with Crippen LogP contribution in [0.4, 0.5) is 0 Å². The normalized spacial score (nSPS) is 12.3. The van der Waals surface area contributed by atoms with Crippen molar-refractivity contribution in [1.82, 2.24) is 0 Å². The zero-order valence-corrected chi connectivity index (χ0v) is 11.3. The minimum atomic E-state index is 0.197. The Labute approximate surface area is 118 Å². The van der Waals surface area contributed by atoms with E-state index in [4.69, 9.17) is 0 Å². The Hall–Kier alpha value is -2.68. The zero-order valence-electron chi connectivity index (χ0n) is 11.3. The van der Waals surface area contributed by atoms with Gasteiger partial charge in [0.2, 0.25) is 0 Å². The van der Waals surface area contributed by atoms with E-state index in [9.17, 15) is 5.11 Å². The van der Waals surface area contributed by atoms with Gasteiger partial charge in [0.05, 0.1) is 12.4 Å². The maximum Gasteiger partial charge on any atom is 0.124 e. The molecule has 100 valence electrons. The number of para-hydroxylation sites is 1. The molecule has 2 rings (SSSR count). The molecule has 0 saturated heterocycles. The number of rotatable bonds is 4. The predicted octanol–water partition coefficient (Wildman–Crippen LogP) is 3.90. The Kier molecular flexibility index (Phi) is 4.84. The molecule has 2 aromatic rings. The van der Waals surface area contributed by atoms with Crippen molar-refractivity contribution in [3.05, 3.63) is 71.3 Å². The minimum absolute atomic E-state index is 0.197. The first-order valence-corrected chi connectivity index (χ1v) is 6.33. The van der Waals surface area contributed by atoms with Crippen LogP contribution in [0.15, 0.2) is 70.4 Å². The van der Waals surface area contributed by atoms with Crippen LogP contribution in [0.3, 0.4) is 0 Å². The summed E-state index contributed by atoms with van der Waals surface area (Å²) in [7, 11) is 0. The molecule has 0 aromatic heterocycles. The van der Waals surface area contributed by atoms with Crippen molar-refractivity contribution in [3.8, 4) is 5.75 Å². The Morgan fingerprint density at radius 1 is 0.950 bits per heavy atom. The molecule has 0 bridgehead atoms. The topological polar surface area (TPSA) is 45.0 Å². The largest absolute Gasteiger partial charge is 0.507 e. The second-order valence-electron chi connectivity index (χ2n) is 4.35. The van der Waals surface area contributed by atoms with Crippen LogP contribution >= 0.6 is 0 Å². The van der Waals surface area contributed by atoms with Crippen LogP contribution < -0.4 is 0 Å². The van der Waals surface area contributed by atoms with Gasteiger partial charge in [-0.3, -0.25) is 0 Å². The van der Waals surface area contributed by atoms with Gasteiger partial charge in [0.25, 0.3) is 0 Å². The van der Waals surface area contributed by atoms with E-state index in [-0.39, 0.29) is 5.75 Å². The van der Waals surface area contributed by atoms with Gasteiger partial charge in [-0.1, -0.05) is 48.5 Å². The molecule has 0 aliphatic rings. The molecule has 0 unspecified atom stereocenters. The smallest absolute Gasteiger partial charge is 0.124 e. The number of hydrogen-bond donors (Lipinski definition) is 1. The lowest BCUT2D eigenvalue weighted by Crippen LogP contribution is -1.81. The van der Waals surface area contributed by atoms with Crippen molar-refractivity contribution in [2.45, 2.75) is 6.92 Å². The average molecular weight is 264 g/mol. The van der Waals surface area contributed by atoms with E-state index in [0.29, 0.717) is 5.56 Å². The number of hydrogen-bond acceptors (Lipinski definition) is 3. The van der Waals surface area contributed by atoms with Crippen LogP contribution in [0.5, 0.6) is 5.75 Å². The first kappa shape index (κ1) is 13.7. The van der Waals surface area contributed by atoms with Gasteiger partial charge in [-0.25, -0.2) is 0 Å². The standard InChI is InChI=1S/C17H16N2O/c1-14(11-15-7-3-2-4-8-15)12-18-19-13-16-9-5-6-10-17(16)20/h2-13,20H,1H3/b14-11?,18-12?,19-13+. The number of benzene rings is 2. The van der Waals surface area contributed by atoms with Crippen molar-refractivity contribution in [2.75, 3.05) is 0 Å². The van der Waals surface area contributed by atoms with Crippen LogP contribution in [0.1, 0.15) is 18.1 Å². The number of aromatic hydroxyl groups is 1. The molecule has 0 spiro atoms. The number of phenols is 1. The second kappa shape index (κ2) is 7.04. The highest BCUT2D eigenvalue weighted by Gasteiger charge is 1.93. The second-order valence-corrected chi connectivity index (χ2v) is 4.35. The Morgan fingerprint density at radius 3 is 2.40 bits per heavy atom. The molecule has 0 amide bonds. The SMILES string of the molecule is CC(C=N/N=C/c1ccccc1O)=Cc1ccccc1. The Morgan fingerprint density at radius 2 is 1.65 bits per heavy atom. The molecular weight excluding hydrogens is 248 g/mol. The molecule has 0 atom stereocenters. The Bertz CT molecular complexity index is 643. The minimum Gasteiger partial charge on any atom is -0.507 e. The van der Waals surface area contributed by atoms with Gasteiger partial charge in [-0.2, -0.15) is 10.2 Å². The summed E-state index contributed by atoms with van der Waals surface area (Å²) in [5.74, 6) is 0.197. The van der Waals surface area contributed by atoms with Crippen molar-refractivity contribution < 1.29 is 5.11 Å².